The Kier molecular flexibility index (Phi) is 5.48. The van der Waals surface area contributed by atoms with Crippen LogP contribution in [0.25, 0.3) is 6.08 Å². The zero-order valence-corrected chi connectivity index (χ0v) is 16.0. The topological polar surface area (TPSA) is 47.6 Å². The van der Waals surface area contributed by atoms with Gasteiger partial charge < -0.3 is 14.6 Å². The van der Waals surface area contributed by atoms with Crippen molar-refractivity contribution < 1.29 is 14.1 Å². The van der Waals surface area contributed by atoms with Gasteiger partial charge in [-0.25, -0.2) is 0 Å². The fraction of sp³-hybridized carbons (Fsp3) is 0.500. The van der Waals surface area contributed by atoms with E-state index in [0.29, 0.717) is 11.6 Å². The van der Waals surface area contributed by atoms with Crippen molar-refractivity contribution in [1.29, 1.82) is 0 Å². The van der Waals surface area contributed by atoms with Crippen LogP contribution >= 0.6 is 11.6 Å². The summed E-state index contributed by atoms with van der Waals surface area (Å²) in [7, 11) is -0.514. The lowest BCUT2D eigenvalue weighted by molar-refractivity contribution is -0.118. The van der Waals surface area contributed by atoms with Crippen LogP contribution in [-0.2, 0) is 14.1 Å². The molecular formula is C18H25BClNO3. The third-order valence-corrected chi connectivity index (χ3v) is 4.91. The van der Waals surface area contributed by atoms with E-state index in [1.807, 2.05) is 58.9 Å². The van der Waals surface area contributed by atoms with E-state index in [4.69, 9.17) is 20.9 Å². The minimum atomic E-state index is -0.514. The molecule has 6 heteroatoms. The number of rotatable bonds is 4. The van der Waals surface area contributed by atoms with Crippen LogP contribution in [0, 0.1) is 6.92 Å². The van der Waals surface area contributed by atoms with Crippen LogP contribution in [0.1, 0.15) is 45.7 Å². The minimum Gasteiger partial charge on any atom is -0.400 e. The van der Waals surface area contributed by atoms with Gasteiger partial charge in [0.05, 0.1) is 11.2 Å². The lowest BCUT2D eigenvalue weighted by Gasteiger charge is -2.32. The highest BCUT2D eigenvalue weighted by Crippen LogP contribution is 2.38. The monoisotopic (exact) mass is 349 g/mol. The van der Waals surface area contributed by atoms with Gasteiger partial charge >= 0.3 is 7.12 Å². The molecule has 130 valence electrons. The van der Waals surface area contributed by atoms with Crippen LogP contribution < -0.4 is 5.32 Å². The Bertz CT molecular complexity index is 654. The average molecular weight is 350 g/mol. The van der Waals surface area contributed by atoms with E-state index >= 15 is 0 Å². The lowest BCUT2D eigenvalue weighted by atomic mass is 9.76. The molecule has 1 heterocycles. The van der Waals surface area contributed by atoms with E-state index in [1.165, 1.54) is 6.92 Å². The Morgan fingerprint density at radius 2 is 1.83 bits per heavy atom. The van der Waals surface area contributed by atoms with Gasteiger partial charge in [-0.1, -0.05) is 23.7 Å². The standard InChI is InChI=1S/C18H25BClNO3/c1-12-7-8-16(20)10-14(12)9-15(11-21-13(2)22)19-23-17(3,4)18(5,6)24-19/h7-10H,11H2,1-6H3,(H,21,22). The molecular weight excluding hydrogens is 324 g/mol. The molecule has 0 aliphatic carbocycles. The molecule has 4 nitrogen and oxygen atoms in total. The Morgan fingerprint density at radius 1 is 1.25 bits per heavy atom. The van der Waals surface area contributed by atoms with Crippen molar-refractivity contribution in [1.82, 2.24) is 5.32 Å². The van der Waals surface area contributed by atoms with Crippen molar-refractivity contribution in [2.24, 2.45) is 0 Å². The van der Waals surface area contributed by atoms with Crippen molar-refractivity contribution >= 4 is 30.7 Å². The van der Waals surface area contributed by atoms with Gasteiger partial charge in [0.15, 0.2) is 0 Å². The Balaban J connectivity index is 2.37. The number of carbonyl (C=O) groups is 1. The highest BCUT2D eigenvalue weighted by molar-refractivity contribution is 6.56. The molecule has 24 heavy (non-hydrogen) atoms. The zero-order chi connectivity index (χ0) is 18.1. The molecule has 0 spiro atoms. The molecule has 0 unspecified atom stereocenters. The van der Waals surface area contributed by atoms with Crippen LogP contribution in [0.5, 0.6) is 0 Å². The highest BCUT2D eigenvalue weighted by atomic mass is 35.5. The summed E-state index contributed by atoms with van der Waals surface area (Å²) < 4.78 is 12.3. The van der Waals surface area contributed by atoms with Gasteiger partial charge in [-0.05, 0) is 63.4 Å². The number of benzene rings is 1. The number of amides is 1. The summed E-state index contributed by atoms with van der Waals surface area (Å²) in [5.74, 6) is -0.0970. The SMILES string of the molecule is CC(=O)NCC(=Cc1cc(Cl)ccc1C)B1OC(C)(C)C(C)(C)O1. The molecule has 0 radical (unpaired) electrons. The summed E-state index contributed by atoms with van der Waals surface area (Å²) in [6.07, 6.45) is 1.99. The maximum absolute atomic E-state index is 11.4. The van der Waals surface area contributed by atoms with Crippen molar-refractivity contribution in [2.75, 3.05) is 6.54 Å². The normalized spacial score (nSPS) is 19.5. The Labute approximate surface area is 149 Å². The molecule has 1 aromatic carbocycles. The number of carbonyl (C=O) groups excluding carboxylic acids is 1. The van der Waals surface area contributed by atoms with Crippen LogP contribution in [0.3, 0.4) is 0 Å². The lowest BCUT2D eigenvalue weighted by Crippen LogP contribution is -2.41. The second-order valence-corrected chi connectivity index (χ2v) is 7.65. The van der Waals surface area contributed by atoms with Crippen LogP contribution in [-0.4, -0.2) is 30.8 Å². The molecule has 0 saturated carbocycles. The number of aryl methyl sites for hydroxylation is 1. The number of nitrogens with one attached hydrogen (secondary N) is 1. The van der Waals surface area contributed by atoms with Crippen LogP contribution in [0.4, 0.5) is 0 Å². The summed E-state index contributed by atoms with van der Waals surface area (Å²) in [4.78, 5) is 11.4. The molecule has 1 aliphatic heterocycles. The van der Waals surface area contributed by atoms with E-state index in [-0.39, 0.29) is 5.91 Å². The number of hydrogen-bond donors (Lipinski definition) is 1. The molecule has 0 aromatic heterocycles. The molecule has 2 rings (SSSR count). The van der Waals surface area contributed by atoms with Gasteiger partial charge in [0, 0.05) is 18.5 Å². The Hall–Kier alpha value is -1.30. The quantitative estimate of drug-likeness (QED) is 0.841. The van der Waals surface area contributed by atoms with E-state index < -0.39 is 18.3 Å². The van der Waals surface area contributed by atoms with Gasteiger partial charge in [0.1, 0.15) is 0 Å². The molecule has 1 saturated heterocycles. The van der Waals surface area contributed by atoms with E-state index in [1.54, 1.807) is 0 Å². The molecule has 0 atom stereocenters. The molecule has 1 amide bonds. The minimum absolute atomic E-state index is 0.0970. The second-order valence-electron chi connectivity index (χ2n) is 7.22. The molecule has 1 N–H and O–H groups in total. The summed E-state index contributed by atoms with van der Waals surface area (Å²) in [6, 6.07) is 5.72. The maximum Gasteiger partial charge on any atom is 0.492 e. The smallest absolute Gasteiger partial charge is 0.400 e. The van der Waals surface area contributed by atoms with E-state index in [0.717, 1.165) is 16.6 Å². The van der Waals surface area contributed by atoms with Crippen molar-refractivity contribution in [3.8, 4) is 0 Å². The first-order chi connectivity index (χ1) is 11.0. The third-order valence-electron chi connectivity index (χ3n) is 4.68. The van der Waals surface area contributed by atoms with Gasteiger partial charge in [-0.3, -0.25) is 4.79 Å². The summed E-state index contributed by atoms with van der Waals surface area (Å²) in [5.41, 5.74) is 2.07. The van der Waals surface area contributed by atoms with Crippen LogP contribution in [0.15, 0.2) is 23.7 Å². The first-order valence-electron chi connectivity index (χ1n) is 8.08. The predicted molar refractivity (Wildman–Crippen MR) is 98.9 cm³/mol. The van der Waals surface area contributed by atoms with Gasteiger partial charge in [0.2, 0.25) is 5.91 Å². The molecule has 1 aromatic rings. The average Bonchev–Trinajstić information content (AvgIpc) is 2.66. The van der Waals surface area contributed by atoms with Gasteiger partial charge in [-0.15, -0.1) is 0 Å². The fourth-order valence-electron chi connectivity index (χ4n) is 2.39. The molecule has 0 bridgehead atoms. The largest absolute Gasteiger partial charge is 0.492 e. The highest BCUT2D eigenvalue weighted by Gasteiger charge is 2.52. The van der Waals surface area contributed by atoms with Crippen molar-refractivity contribution in [3.05, 3.63) is 39.8 Å². The van der Waals surface area contributed by atoms with Gasteiger partial charge in [0.25, 0.3) is 0 Å². The van der Waals surface area contributed by atoms with Crippen molar-refractivity contribution in [3.63, 3.8) is 0 Å². The number of halogens is 1. The number of hydrogen-bond acceptors (Lipinski definition) is 3. The molecule has 1 fully saturated rings. The van der Waals surface area contributed by atoms with E-state index in [2.05, 4.69) is 5.32 Å². The summed E-state index contributed by atoms with van der Waals surface area (Å²) in [5, 5.41) is 3.50. The maximum atomic E-state index is 11.4. The van der Waals surface area contributed by atoms with Crippen LogP contribution in [0.2, 0.25) is 5.02 Å². The second kappa shape index (κ2) is 6.91. The van der Waals surface area contributed by atoms with Crippen molar-refractivity contribution in [2.45, 2.75) is 52.7 Å². The fourth-order valence-corrected chi connectivity index (χ4v) is 2.57. The van der Waals surface area contributed by atoms with E-state index in [9.17, 15) is 4.79 Å². The third kappa shape index (κ3) is 4.21. The summed E-state index contributed by atoms with van der Waals surface area (Å²) >= 11 is 6.12. The van der Waals surface area contributed by atoms with Gasteiger partial charge in [-0.2, -0.15) is 0 Å². The Morgan fingerprint density at radius 3 is 2.38 bits per heavy atom. The first-order valence-corrected chi connectivity index (χ1v) is 8.46. The summed E-state index contributed by atoms with van der Waals surface area (Å²) in [6.45, 7) is 11.9. The zero-order valence-electron chi connectivity index (χ0n) is 15.2. The molecule has 1 aliphatic rings. The predicted octanol–water partition coefficient (Wildman–Crippen LogP) is 3.80. The first kappa shape index (κ1) is 19.0.